The van der Waals surface area contributed by atoms with Gasteiger partial charge in [0.2, 0.25) is 0 Å². The third-order valence-electron chi connectivity index (χ3n) is 4.84. The van der Waals surface area contributed by atoms with Crippen molar-refractivity contribution in [3.8, 4) is 0 Å². The SMILES string of the molecule is CCNC(=NCc1cccc(CN2CCOC(C)C2)c1)NCc1ncc(CC)s1.I. The van der Waals surface area contributed by atoms with Crippen LogP contribution in [0.5, 0.6) is 0 Å². The normalized spacial score (nSPS) is 17.4. The number of nitrogens with zero attached hydrogens (tertiary/aromatic N) is 3. The first-order chi connectivity index (χ1) is 14.2. The molecule has 2 N–H and O–H groups in total. The second-order valence-electron chi connectivity index (χ2n) is 7.36. The van der Waals surface area contributed by atoms with Crippen molar-refractivity contribution in [2.75, 3.05) is 26.2 Å². The Morgan fingerprint density at radius 2 is 2.13 bits per heavy atom. The summed E-state index contributed by atoms with van der Waals surface area (Å²) in [6.07, 6.45) is 3.31. The Labute approximate surface area is 201 Å². The van der Waals surface area contributed by atoms with Crippen molar-refractivity contribution in [2.45, 2.75) is 52.9 Å². The zero-order valence-corrected chi connectivity index (χ0v) is 21.3. The number of hydrogen-bond donors (Lipinski definition) is 2. The Kier molecular flexibility index (Phi) is 11.0. The van der Waals surface area contributed by atoms with Crippen LogP contribution >= 0.6 is 35.3 Å². The molecular weight excluding hydrogens is 509 g/mol. The summed E-state index contributed by atoms with van der Waals surface area (Å²) in [6.45, 7) is 12.3. The third-order valence-corrected chi connectivity index (χ3v) is 5.99. The van der Waals surface area contributed by atoms with Crippen LogP contribution in [-0.4, -0.2) is 48.2 Å². The highest BCUT2D eigenvalue weighted by atomic mass is 127. The maximum Gasteiger partial charge on any atom is 0.191 e. The van der Waals surface area contributed by atoms with E-state index in [0.717, 1.165) is 50.2 Å². The maximum absolute atomic E-state index is 5.64. The van der Waals surface area contributed by atoms with Crippen LogP contribution < -0.4 is 10.6 Å². The van der Waals surface area contributed by atoms with Crippen LogP contribution in [0.1, 0.15) is 41.8 Å². The van der Waals surface area contributed by atoms with Gasteiger partial charge in [0.1, 0.15) is 5.01 Å². The van der Waals surface area contributed by atoms with E-state index in [4.69, 9.17) is 9.73 Å². The molecule has 0 saturated carbocycles. The number of thiazole rings is 1. The molecule has 0 aliphatic carbocycles. The Morgan fingerprint density at radius 1 is 1.30 bits per heavy atom. The highest BCUT2D eigenvalue weighted by molar-refractivity contribution is 14.0. The van der Waals surface area contributed by atoms with Gasteiger partial charge < -0.3 is 15.4 Å². The minimum absolute atomic E-state index is 0. The summed E-state index contributed by atoms with van der Waals surface area (Å²) in [6, 6.07) is 8.74. The average Bonchev–Trinajstić information content (AvgIpc) is 3.18. The Balaban J connectivity index is 0.00000320. The van der Waals surface area contributed by atoms with Crippen LogP contribution in [0.25, 0.3) is 0 Å². The van der Waals surface area contributed by atoms with Crippen LogP contribution in [0.15, 0.2) is 35.5 Å². The van der Waals surface area contributed by atoms with E-state index in [1.807, 2.05) is 6.20 Å². The molecule has 8 heteroatoms. The molecule has 1 aliphatic heterocycles. The summed E-state index contributed by atoms with van der Waals surface area (Å²) in [5.41, 5.74) is 2.56. The van der Waals surface area contributed by atoms with E-state index in [9.17, 15) is 0 Å². The number of halogens is 1. The van der Waals surface area contributed by atoms with Crippen LogP contribution in [0.2, 0.25) is 0 Å². The Bertz CT molecular complexity index is 797. The quantitative estimate of drug-likeness (QED) is 0.302. The summed E-state index contributed by atoms with van der Waals surface area (Å²) < 4.78 is 5.64. The molecule has 6 nitrogen and oxygen atoms in total. The van der Waals surface area contributed by atoms with Crippen molar-refractivity contribution < 1.29 is 4.74 Å². The first kappa shape index (κ1) is 25.0. The van der Waals surface area contributed by atoms with Gasteiger partial charge in [0.15, 0.2) is 5.96 Å². The largest absolute Gasteiger partial charge is 0.376 e. The van der Waals surface area contributed by atoms with Gasteiger partial charge in [-0.05, 0) is 31.4 Å². The van der Waals surface area contributed by atoms with Gasteiger partial charge in [-0.1, -0.05) is 31.2 Å². The fourth-order valence-electron chi connectivity index (χ4n) is 3.38. The van der Waals surface area contributed by atoms with E-state index in [0.29, 0.717) is 19.2 Å². The standard InChI is InChI=1S/C22H33N5OS.HI/c1-4-20-13-24-21(29-20)14-26-22(23-5-2)25-12-18-7-6-8-19(11-18)16-27-9-10-28-17(3)15-27;/h6-8,11,13,17H,4-5,9-10,12,14-16H2,1-3H3,(H2,23,25,26);1H. The molecule has 2 aromatic rings. The molecule has 0 amide bonds. The lowest BCUT2D eigenvalue weighted by molar-refractivity contribution is -0.0212. The van der Waals surface area contributed by atoms with E-state index in [1.165, 1.54) is 16.0 Å². The van der Waals surface area contributed by atoms with Gasteiger partial charge in [-0.25, -0.2) is 9.98 Å². The molecule has 166 valence electrons. The topological polar surface area (TPSA) is 61.8 Å². The lowest BCUT2D eigenvalue weighted by Gasteiger charge is -2.31. The lowest BCUT2D eigenvalue weighted by atomic mass is 10.1. The number of morpholine rings is 1. The number of benzene rings is 1. The third kappa shape index (κ3) is 8.13. The molecule has 1 aromatic carbocycles. The van der Waals surface area contributed by atoms with Crippen molar-refractivity contribution in [1.29, 1.82) is 0 Å². The van der Waals surface area contributed by atoms with E-state index in [2.05, 4.69) is 65.6 Å². The number of aromatic nitrogens is 1. The molecule has 1 aliphatic rings. The van der Waals surface area contributed by atoms with E-state index in [1.54, 1.807) is 11.3 Å². The van der Waals surface area contributed by atoms with Gasteiger partial charge >= 0.3 is 0 Å². The molecule has 1 fully saturated rings. The van der Waals surface area contributed by atoms with Crippen LogP contribution in [0.4, 0.5) is 0 Å². The predicted molar refractivity (Wildman–Crippen MR) is 136 cm³/mol. The lowest BCUT2D eigenvalue weighted by Crippen LogP contribution is -2.40. The summed E-state index contributed by atoms with van der Waals surface area (Å²) in [5, 5.41) is 7.81. The Hall–Kier alpha value is -1.23. The number of guanidine groups is 1. The van der Waals surface area contributed by atoms with Gasteiger partial charge in [0.25, 0.3) is 0 Å². The minimum Gasteiger partial charge on any atom is -0.376 e. The number of hydrogen-bond acceptors (Lipinski definition) is 5. The molecule has 30 heavy (non-hydrogen) atoms. The van der Waals surface area contributed by atoms with Crippen molar-refractivity contribution in [3.63, 3.8) is 0 Å². The monoisotopic (exact) mass is 543 g/mol. The van der Waals surface area contributed by atoms with Gasteiger partial charge in [-0.3, -0.25) is 4.90 Å². The molecule has 0 radical (unpaired) electrons. The predicted octanol–water partition coefficient (Wildman–Crippen LogP) is 3.80. The zero-order chi connectivity index (χ0) is 20.5. The van der Waals surface area contributed by atoms with Gasteiger partial charge in [0.05, 0.1) is 25.8 Å². The highest BCUT2D eigenvalue weighted by Gasteiger charge is 2.16. The summed E-state index contributed by atoms with van der Waals surface area (Å²) >= 11 is 1.76. The number of aliphatic imine (C=N–C) groups is 1. The fourth-order valence-corrected chi connectivity index (χ4v) is 4.19. The number of nitrogens with one attached hydrogen (secondary N) is 2. The zero-order valence-electron chi connectivity index (χ0n) is 18.2. The molecule has 1 atom stereocenters. The number of aryl methyl sites for hydroxylation is 1. The number of rotatable bonds is 8. The average molecular weight is 544 g/mol. The Morgan fingerprint density at radius 3 is 2.87 bits per heavy atom. The van der Waals surface area contributed by atoms with Crippen molar-refractivity contribution in [2.24, 2.45) is 4.99 Å². The molecule has 2 heterocycles. The summed E-state index contributed by atoms with van der Waals surface area (Å²) in [4.78, 5) is 13.0. The van der Waals surface area contributed by atoms with Gasteiger partial charge in [0, 0.05) is 37.3 Å². The van der Waals surface area contributed by atoms with Crippen molar-refractivity contribution >= 4 is 41.3 Å². The van der Waals surface area contributed by atoms with Crippen LogP contribution in [0, 0.1) is 0 Å². The number of ether oxygens (including phenoxy) is 1. The first-order valence-electron chi connectivity index (χ1n) is 10.5. The second-order valence-corrected chi connectivity index (χ2v) is 8.56. The molecular formula is C22H34IN5OS. The van der Waals surface area contributed by atoms with Gasteiger partial charge in [-0.2, -0.15) is 0 Å². The van der Waals surface area contributed by atoms with Crippen LogP contribution in [-0.2, 0) is 30.8 Å². The minimum atomic E-state index is 0. The summed E-state index contributed by atoms with van der Waals surface area (Å²) in [7, 11) is 0. The highest BCUT2D eigenvalue weighted by Crippen LogP contribution is 2.14. The first-order valence-corrected chi connectivity index (χ1v) is 11.4. The van der Waals surface area contributed by atoms with Crippen LogP contribution in [0.3, 0.4) is 0 Å². The second kappa shape index (κ2) is 13.2. The smallest absolute Gasteiger partial charge is 0.191 e. The van der Waals surface area contributed by atoms with E-state index in [-0.39, 0.29) is 24.0 Å². The van der Waals surface area contributed by atoms with Crippen molar-refractivity contribution in [1.82, 2.24) is 20.5 Å². The molecule has 1 aromatic heterocycles. The molecule has 0 spiro atoms. The fraction of sp³-hybridized carbons (Fsp3) is 0.545. The molecule has 3 rings (SSSR count). The van der Waals surface area contributed by atoms with Gasteiger partial charge in [-0.15, -0.1) is 35.3 Å². The maximum atomic E-state index is 5.64. The molecule has 1 unspecified atom stereocenters. The van der Waals surface area contributed by atoms with Crippen molar-refractivity contribution in [3.05, 3.63) is 51.5 Å². The molecule has 0 bridgehead atoms. The molecule has 1 saturated heterocycles. The summed E-state index contributed by atoms with van der Waals surface area (Å²) in [5.74, 6) is 0.827. The van der Waals surface area contributed by atoms with E-state index >= 15 is 0 Å². The van der Waals surface area contributed by atoms with E-state index < -0.39 is 0 Å².